The number of aliphatic hydroxyl groups excluding tert-OH is 2. The van der Waals surface area contributed by atoms with Gasteiger partial charge in [0.1, 0.15) is 0 Å². The standard InChI is InChI=1S/2C15H22O3/c2*1-14(2)7-4-8-15(3)10(14)6-5-9-11(15)13(17)18-12(9)16/h2*10,13,17H,4-8H2,1-3H3/t10-,13+,15-;10-,13-,15-/m00/s1. The molecule has 0 aromatic heterocycles. The number of rotatable bonds is 0. The maximum atomic E-state index is 11.8. The summed E-state index contributed by atoms with van der Waals surface area (Å²) in [6, 6.07) is 0. The molecule has 36 heavy (non-hydrogen) atoms. The summed E-state index contributed by atoms with van der Waals surface area (Å²) in [5.41, 5.74) is 3.79. The molecule has 200 valence electrons. The van der Waals surface area contributed by atoms with Gasteiger partial charge in [-0.1, -0.05) is 54.4 Å². The van der Waals surface area contributed by atoms with Crippen molar-refractivity contribution in [2.75, 3.05) is 0 Å². The lowest BCUT2D eigenvalue weighted by Crippen LogP contribution is -2.47. The lowest BCUT2D eigenvalue weighted by molar-refractivity contribution is -0.154. The van der Waals surface area contributed by atoms with E-state index in [2.05, 4.69) is 41.5 Å². The molecule has 2 N–H and O–H groups in total. The van der Waals surface area contributed by atoms with E-state index < -0.39 is 12.6 Å². The van der Waals surface area contributed by atoms with Gasteiger partial charge in [-0.15, -0.1) is 0 Å². The molecule has 2 heterocycles. The molecule has 0 aromatic carbocycles. The fourth-order valence-electron chi connectivity index (χ4n) is 9.59. The van der Waals surface area contributed by atoms with Gasteiger partial charge in [0.05, 0.1) is 0 Å². The minimum atomic E-state index is -0.991. The van der Waals surface area contributed by atoms with Crippen LogP contribution in [0.4, 0.5) is 0 Å². The first-order valence-electron chi connectivity index (χ1n) is 14.0. The van der Waals surface area contributed by atoms with E-state index >= 15 is 0 Å². The van der Waals surface area contributed by atoms with Crippen LogP contribution in [0.5, 0.6) is 0 Å². The summed E-state index contributed by atoms with van der Waals surface area (Å²) in [7, 11) is 0. The van der Waals surface area contributed by atoms with Gasteiger partial charge in [0.25, 0.3) is 0 Å². The number of carbonyl (C=O) groups is 2. The molecule has 0 aromatic rings. The largest absolute Gasteiger partial charge is 0.428 e. The molecule has 2 fully saturated rings. The summed E-state index contributed by atoms with van der Waals surface area (Å²) in [5.74, 6) is 0.504. The van der Waals surface area contributed by atoms with E-state index in [9.17, 15) is 19.8 Å². The van der Waals surface area contributed by atoms with Crippen molar-refractivity contribution in [3.05, 3.63) is 22.3 Å². The Hall–Kier alpha value is -1.66. The number of cyclic esters (lactones) is 2. The smallest absolute Gasteiger partial charge is 0.336 e. The highest BCUT2D eigenvalue weighted by Gasteiger charge is 2.57. The molecule has 0 bridgehead atoms. The van der Waals surface area contributed by atoms with Crippen LogP contribution in [0.2, 0.25) is 0 Å². The van der Waals surface area contributed by atoms with Crippen LogP contribution in [0.15, 0.2) is 22.3 Å². The number of fused-ring (bicyclic) bond motifs is 4. The quantitative estimate of drug-likeness (QED) is 0.423. The van der Waals surface area contributed by atoms with E-state index in [4.69, 9.17) is 9.47 Å². The molecule has 0 amide bonds. The number of hydrogen-bond acceptors (Lipinski definition) is 6. The van der Waals surface area contributed by atoms with Crippen LogP contribution < -0.4 is 0 Å². The van der Waals surface area contributed by atoms with Gasteiger partial charge in [0.2, 0.25) is 12.6 Å². The van der Waals surface area contributed by atoms with E-state index in [0.29, 0.717) is 11.8 Å². The van der Waals surface area contributed by atoms with Crippen LogP contribution >= 0.6 is 0 Å². The lowest BCUT2D eigenvalue weighted by Gasteiger charge is -2.54. The molecule has 6 heteroatoms. The fraction of sp³-hybridized carbons (Fsp3) is 0.800. The van der Waals surface area contributed by atoms with Gasteiger partial charge in [-0.3, -0.25) is 0 Å². The topological polar surface area (TPSA) is 93.1 Å². The maximum Gasteiger partial charge on any atom is 0.336 e. The molecular weight excluding hydrogens is 456 g/mol. The average Bonchev–Trinajstić information content (AvgIpc) is 3.23. The first kappa shape index (κ1) is 26.0. The first-order valence-corrected chi connectivity index (χ1v) is 14.0. The zero-order chi connectivity index (χ0) is 26.3. The summed E-state index contributed by atoms with van der Waals surface area (Å²) in [6.07, 6.45) is 8.58. The van der Waals surface area contributed by atoms with Gasteiger partial charge < -0.3 is 19.7 Å². The Morgan fingerprint density at radius 3 is 1.36 bits per heavy atom. The van der Waals surface area contributed by atoms with Gasteiger partial charge in [0, 0.05) is 22.3 Å². The SMILES string of the molecule is CC1(C)CCC[C@]2(C)C3=C(CC[C@@H]12)C(=O)O[C@@H]3O.CC1(C)CCC[C@]2(C)C3=C(CC[C@@H]12)C(=O)O[C@H]3O. The average molecular weight is 501 g/mol. The third kappa shape index (κ3) is 3.73. The molecule has 4 aliphatic carbocycles. The Bertz CT molecular complexity index is 952. The normalized spacial score (nSPS) is 42.3. The van der Waals surface area contributed by atoms with E-state index in [1.165, 1.54) is 12.8 Å². The molecule has 0 unspecified atom stereocenters. The van der Waals surface area contributed by atoms with Gasteiger partial charge in [-0.25, -0.2) is 9.59 Å². The van der Waals surface area contributed by atoms with Crippen molar-refractivity contribution < 1.29 is 29.3 Å². The van der Waals surface area contributed by atoms with Gasteiger partial charge in [-0.05, 0) is 84.9 Å². The van der Waals surface area contributed by atoms with Crippen molar-refractivity contribution in [1.29, 1.82) is 0 Å². The lowest BCUT2D eigenvalue weighted by atomic mass is 9.50. The van der Waals surface area contributed by atoms with E-state index in [1.54, 1.807) is 0 Å². The highest BCUT2D eigenvalue weighted by atomic mass is 16.6. The van der Waals surface area contributed by atoms with E-state index in [1.807, 2.05) is 0 Å². The molecule has 6 atom stereocenters. The second kappa shape index (κ2) is 8.42. The van der Waals surface area contributed by atoms with Crippen LogP contribution in [0.25, 0.3) is 0 Å². The maximum absolute atomic E-state index is 11.8. The van der Waals surface area contributed by atoms with Crippen LogP contribution in [-0.4, -0.2) is 34.7 Å². The molecule has 6 rings (SSSR count). The van der Waals surface area contributed by atoms with Crippen molar-refractivity contribution in [2.45, 2.75) is 118 Å². The van der Waals surface area contributed by atoms with Gasteiger partial charge >= 0.3 is 11.9 Å². The summed E-state index contributed by atoms with van der Waals surface area (Å²) in [6.45, 7) is 13.7. The van der Waals surface area contributed by atoms with Crippen molar-refractivity contribution >= 4 is 11.9 Å². The highest BCUT2D eigenvalue weighted by Crippen LogP contribution is 2.62. The summed E-state index contributed by atoms with van der Waals surface area (Å²) in [4.78, 5) is 23.5. The molecular formula is C30H44O6. The molecule has 0 radical (unpaired) electrons. The third-order valence-corrected chi connectivity index (χ3v) is 11.1. The number of esters is 2. The minimum Gasteiger partial charge on any atom is -0.428 e. The second-order valence-corrected chi connectivity index (χ2v) is 14.0. The van der Waals surface area contributed by atoms with Gasteiger partial charge in [0.15, 0.2) is 0 Å². The Kier molecular flexibility index (Phi) is 6.08. The first-order chi connectivity index (χ1) is 16.7. The fourth-order valence-corrected chi connectivity index (χ4v) is 9.59. The second-order valence-electron chi connectivity index (χ2n) is 14.0. The number of ether oxygens (including phenoxy) is 2. The minimum absolute atomic E-state index is 0.0547. The zero-order valence-corrected chi connectivity index (χ0v) is 22.9. The number of hydrogen-bond donors (Lipinski definition) is 2. The van der Waals surface area contributed by atoms with Crippen molar-refractivity contribution in [3.8, 4) is 0 Å². The highest BCUT2D eigenvalue weighted by molar-refractivity contribution is 5.93. The Labute approximate surface area is 215 Å². The van der Waals surface area contributed by atoms with Crippen LogP contribution in [0, 0.1) is 33.5 Å². The molecule has 0 spiro atoms. The number of aliphatic hydroxyl groups is 2. The summed E-state index contributed by atoms with van der Waals surface area (Å²) in [5, 5.41) is 20.1. The molecule has 6 aliphatic rings. The molecule has 2 saturated carbocycles. The third-order valence-electron chi connectivity index (χ3n) is 11.1. The Morgan fingerprint density at radius 2 is 1.00 bits per heavy atom. The summed E-state index contributed by atoms with van der Waals surface area (Å²) >= 11 is 0. The van der Waals surface area contributed by atoms with Crippen LogP contribution in [-0.2, 0) is 19.1 Å². The molecule has 2 aliphatic heterocycles. The van der Waals surface area contributed by atoms with Gasteiger partial charge in [-0.2, -0.15) is 0 Å². The Morgan fingerprint density at radius 1 is 0.639 bits per heavy atom. The monoisotopic (exact) mass is 500 g/mol. The summed E-state index contributed by atoms with van der Waals surface area (Å²) < 4.78 is 10.1. The van der Waals surface area contributed by atoms with Crippen molar-refractivity contribution in [2.24, 2.45) is 33.5 Å². The van der Waals surface area contributed by atoms with Crippen molar-refractivity contribution in [3.63, 3.8) is 0 Å². The molecule has 6 nitrogen and oxygen atoms in total. The Balaban J connectivity index is 0.000000148. The van der Waals surface area contributed by atoms with Crippen molar-refractivity contribution in [1.82, 2.24) is 0 Å². The van der Waals surface area contributed by atoms with Crippen LogP contribution in [0.3, 0.4) is 0 Å². The zero-order valence-electron chi connectivity index (χ0n) is 22.9. The predicted octanol–water partition coefficient (Wildman–Crippen LogP) is 5.57. The number of carbonyl (C=O) groups excluding carboxylic acids is 2. The molecule has 0 saturated heterocycles. The van der Waals surface area contributed by atoms with Crippen LogP contribution in [0.1, 0.15) is 106 Å². The van der Waals surface area contributed by atoms with E-state index in [0.717, 1.165) is 73.7 Å². The predicted molar refractivity (Wildman–Crippen MR) is 135 cm³/mol. The van der Waals surface area contributed by atoms with E-state index in [-0.39, 0.29) is 33.6 Å².